The molecule has 186 valence electrons. The molecule has 3 N–H and O–H groups in total. The van der Waals surface area contributed by atoms with E-state index in [0.29, 0.717) is 49.5 Å². The molecule has 5 amide bonds. The van der Waals surface area contributed by atoms with Crippen LogP contribution in [0.2, 0.25) is 0 Å². The van der Waals surface area contributed by atoms with Crippen molar-refractivity contribution in [2.45, 2.75) is 0 Å². The molecule has 3 aliphatic heterocycles. The molecule has 3 aliphatic rings. The first-order valence-corrected chi connectivity index (χ1v) is 11.8. The van der Waals surface area contributed by atoms with Crippen molar-refractivity contribution in [3.8, 4) is 11.6 Å². The van der Waals surface area contributed by atoms with Gasteiger partial charge in [-0.05, 0) is 30.3 Å². The molecular formula is C26H23N7O4. The largest absolute Gasteiger partial charge is 0.439 e. The number of aromatic nitrogens is 2. The molecule has 2 aromatic carbocycles. The van der Waals surface area contributed by atoms with Crippen LogP contribution in [0.5, 0.6) is 11.6 Å². The van der Waals surface area contributed by atoms with E-state index in [1.165, 1.54) is 6.08 Å². The van der Waals surface area contributed by atoms with E-state index in [4.69, 9.17) is 4.74 Å². The van der Waals surface area contributed by atoms with E-state index in [1.807, 2.05) is 65.6 Å². The minimum Gasteiger partial charge on any atom is -0.439 e. The highest BCUT2D eigenvalue weighted by atomic mass is 16.5. The number of rotatable bonds is 5. The second kappa shape index (κ2) is 8.94. The summed E-state index contributed by atoms with van der Waals surface area (Å²) in [4.78, 5) is 49.0. The van der Waals surface area contributed by atoms with Crippen molar-refractivity contribution in [2.75, 3.05) is 36.4 Å². The van der Waals surface area contributed by atoms with Crippen molar-refractivity contribution in [3.05, 3.63) is 78.1 Å². The minimum atomic E-state index is -0.582. The third-order valence-corrected chi connectivity index (χ3v) is 6.39. The quantitative estimate of drug-likeness (QED) is 0.365. The summed E-state index contributed by atoms with van der Waals surface area (Å²) in [6.45, 7) is 2.66. The predicted octanol–water partition coefficient (Wildman–Crippen LogP) is 2.80. The van der Waals surface area contributed by atoms with Crippen LogP contribution in [0.1, 0.15) is 5.69 Å². The van der Waals surface area contributed by atoms with E-state index in [1.54, 1.807) is 11.0 Å². The predicted molar refractivity (Wildman–Crippen MR) is 135 cm³/mol. The maximum Gasteiger partial charge on any atom is 0.326 e. The number of anilines is 2. The molecular weight excluding hydrogens is 474 g/mol. The number of imide groups is 1. The summed E-state index contributed by atoms with van der Waals surface area (Å²) in [5.41, 5.74) is 1.27. The normalized spacial score (nSPS) is 18.6. The molecule has 1 aromatic heterocycles. The zero-order chi connectivity index (χ0) is 25.4. The Morgan fingerprint density at radius 3 is 2.32 bits per heavy atom. The molecule has 11 heteroatoms. The van der Waals surface area contributed by atoms with E-state index in [9.17, 15) is 14.4 Å². The molecule has 4 heterocycles. The van der Waals surface area contributed by atoms with Gasteiger partial charge in [-0.3, -0.25) is 10.1 Å². The standard InChI is InChI=1S/C26H23N7O4/c34-22-20(29-24(35)31-22)11-18-12-21(37-19-9-5-2-6-10-19)30-23(27-18)32-13-26(14-32)15-33(16-26)25(36)28-17-7-3-1-4-8-17/h1-12H,13-16H2,(H,28,36)(H2,29,31,34,35)/b20-11-. The van der Waals surface area contributed by atoms with Crippen molar-refractivity contribution in [1.82, 2.24) is 25.5 Å². The smallest absolute Gasteiger partial charge is 0.326 e. The monoisotopic (exact) mass is 497 g/mol. The van der Waals surface area contributed by atoms with Gasteiger partial charge in [-0.2, -0.15) is 4.98 Å². The second-order valence-electron chi connectivity index (χ2n) is 9.32. The number of nitrogens with zero attached hydrogens (tertiary/aromatic N) is 4. The zero-order valence-electron chi connectivity index (χ0n) is 19.7. The highest BCUT2D eigenvalue weighted by Gasteiger charge is 2.54. The van der Waals surface area contributed by atoms with Gasteiger partial charge in [0.15, 0.2) is 0 Å². The average molecular weight is 498 g/mol. The number of benzene rings is 2. The SMILES string of the molecule is O=C1NC(=O)/C(=C/c2cc(Oc3ccccc3)nc(N3CC4(CN(C(=O)Nc5ccccc5)C4)C3)n2)N1. The summed E-state index contributed by atoms with van der Waals surface area (Å²) in [7, 11) is 0. The van der Waals surface area contributed by atoms with Gasteiger partial charge in [-0.25, -0.2) is 14.6 Å². The summed E-state index contributed by atoms with van der Waals surface area (Å²) in [6.07, 6.45) is 1.48. The van der Waals surface area contributed by atoms with Gasteiger partial charge in [0.25, 0.3) is 5.91 Å². The highest BCUT2D eigenvalue weighted by molar-refractivity contribution is 6.13. The topological polar surface area (TPSA) is 129 Å². The molecule has 0 radical (unpaired) electrons. The zero-order valence-corrected chi connectivity index (χ0v) is 19.7. The third kappa shape index (κ3) is 4.66. The van der Waals surface area contributed by atoms with Crippen molar-refractivity contribution in [3.63, 3.8) is 0 Å². The first kappa shape index (κ1) is 22.5. The number of carbonyl (C=O) groups is 3. The number of amides is 5. The van der Waals surface area contributed by atoms with Crippen molar-refractivity contribution in [2.24, 2.45) is 5.41 Å². The molecule has 37 heavy (non-hydrogen) atoms. The first-order chi connectivity index (χ1) is 17.9. The average Bonchev–Trinajstić information content (AvgIpc) is 3.14. The molecule has 0 unspecified atom stereocenters. The van der Waals surface area contributed by atoms with Crippen LogP contribution in [0, 0.1) is 5.41 Å². The number of hydrogen-bond acceptors (Lipinski definition) is 7. The highest BCUT2D eigenvalue weighted by Crippen LogP contribution is 2.41. The Kier molecular flexibility index (Phi) is 5.44. The molecule has 0 aliphatic carbocycles. The van der Waals surface area contributed by atoms with Gasteiger partial charge in [-0.1, -0.05) is 36.4 Å². The van der Waals surface area contributed by atoms with Crippen LogP contribution in [0.3, 0.4) is 0 Å². The Morgan fingerprint density at radius 1 is 0.946 bits per heavy atom. The van der Waals surface area contributed by atoms with Gasteiger partial charge >= 0.3 is 12.1 Å². The Bertz CT molecular complexity index is 1400. The van der Waals surface area contributed by atoms with Gasteiger partial charge in [0, 0.05) is 43.3 Å². The molecule has 6 rings (SSSR count). The number of ether oxygens (including phenoxy) is 1. The lowest BCUT2D eigenvalue weighted by Gasteiger charge is -2.59. The van der Waals surface area contributed by atoms with Crippen LogP contribution >= 0.6 is 0 Å². The van der Waals surface area contributed by atoms with Crippen LogP contribution < -0.4 is 25.6 Å². The van der Waals surface area contributed by atoms with Gasteiger partial charge < -0.3 is 25.2 Å². The molecule has 11 nitrogen and oxygen atoms in total. The fourth-order valence-electron chi connectivity index (χ4n) is 4.67. The second-order valence-corrected chi connectivity index (χ2v) is 9.32. The van der Waals surface area contributed by atoms with E-state index < -0.39 is 11.9 Å². The number of para-hydroxylation sites is 2. The number of likely N-dealkylation sites (tertiary alicyclic amines) is 1. The van der Waals surface area contributed by atoms with Crippen LogP contribution in [0.25, 0.3) is 6.08 Å². The summed E-state index contributed by atoms with van der Waals surface area (Å²) < 4.78 is 5.93. The molecule has 0 saturated carbocycles. The lowest BCUT2D eigenvalue weighted by molar-refractivity contribution is -0.115. The molecule has 3 fully saturated rings. The van der Waals surface area contributed by atoms with Crippen LogP contribution in [-0.2, 0) is 4.79 Å². The fourth-order valence-corrected chi connectivity index (χ4v) is 4.67. The summed E-state index contributed by atoms with van der Waals surface area (Å²) >= 11 is 0. The summed E-state index contributed by atoms with van der Waals surface area (Å²) in [5.74, 6) is 0.841. The van der Waals surface area contributed by atoms with Crippen molar-refractivity contribution >= 4 is 35.7 Å². The van der Waals surface area contributed by atoms with E-state index in [2.05, 4.69) is 25.9 Å². The number of hydrogen-bond donors (Lipinski definition) is 3. The Labute approximate surface area is 212 Å². The lowest BCUT2D eigenvalue weighted by atomic mass is 9.73. The van der Waals surface area contributed by atoms with Gasteiger partial charge in [0.1, 0.15) is 11.4 Å². The maximum atomic E-state index is 12.5. The van der Waals surface area contributed by atoms with Crippen LogP contribution in [0.4, 0.5) is 21.2 Å². The van der Waals surface area contributed by atoms with Gasteiger partial charge in [0.2, 0.25) is 11.8 Å². The van der Waals surface area contributed by atoms with E-state index in [0.717, 1.165) is 5.69 Å². The van der Waals surface area contributed by atoms with Crippen molar-refractivity contribution < 1.29 is 19.1 Å². The Morgan fingerprint density at radius 2 is 1.65 bits per heavy atom. The van der Waals surface area contributed by atoms with Gasteiger partial charge in [0.05, 0.1) is 5.69 Å². The maximum absolute atomic E-state index is 12.5. The third-order valence-electron chi connectivity index (χ3n) is 6.39. The lowest BCUT2D eigenvalue weighted by Crippen LogP contribution is -2.73. The molecule has 1 spiro atoms. The van der Waals surface area contributed by atoms with Crippen LogP contribution in [-0.4, -0.2) is 59.0 Å². The summed E-state index contributed by atoms with van der Waals surface area (Å²) in [5, 5.41) is 7.56. The number of urea groups is 2. The van der Waals surface area contributed by atoms with Gasteiger partial charge in [-0.15, -0.1) is 0 Å². The Balaban J connectivity index is 1.16. The van der Waals surface area contributed by atoms with Crippen molar-refractivity contribution in [1.29, 1.82) is 0 Å². The molecule has 3 aromatic rings. The summed E-state index contributed by atoms with van der Waals surface area (Å²) in [6, 6.07) is 19.5. The fraction of sp³-hybridized carbons (Fsp3) is 0.192. The number of carbonyl (C=O) groups excluding carboxylic acids is 3. The van der Waals surface area contributed by atoms with E-state index in [-0.39, 0.29) is 17.1 Å². The Hall–Kier alpha value is -4.93. The molecule has 0 atom stereocenters. The first-order valence-electron chi connectivity index (χ1n) is 11.8. The molecule has 3 saturated heterocycles. The van der Waals surface area contributed by atoms with E-state index >= 15 is 0 Å². The number of nitrogens with one attached hydrogen (secondary N) is 3. The minimum absolute atomic E-state index is 0.00831. The van der Waals surface area contributed by atoms with Crippen LogP contribution in [0.15, 0.2) is 72.4 Å². The molecule has 0 bridgehead atoms.